The van der Waals surface area contributed by atoms with Crippen molar-refractivity contribution in [2.75, 3.05) is 13.7 Å². The number of hydrogen-bond acceptors (Lipinski definition) is 3. The van der Waals surface area contributed by atoms with Crippen LogP contribution in [0.3, 0.4) is 0 Å². The molecule has 3 aliphatic rings. The normalized spacial score (nSPS) is 33.2. The van der Waals surface area contributed by atoms with Gasteiger partial charge in [0, 0.05) is 28.6 Å². The molecule has 1 aromatic carbocycles. The van der Waals surface area contributed by atoms with Gasteiger partial charge in [-0.3, -0.25) is 9.59 Å². The van der Waals surface area contributed by atoms with Crippen LogP contribution in [0.5, 0.6) is 0 Å². The summed E-state index contributed by atoms with van der Waals surface area (Å²) in [6, 6.07) is 8.25. The van der Waals surface area contributed by atoms with Gasteiger partial charge in [-0.1, -0.05) is 25.1 Å². The molecule has 1 saturated carbocycles. The Morgan fingerprint density at radius 1 is 1.42 bits per heavy atom. The molecule has 2 fully saturated rings. The molecular weight excluding hydrogens is 304 g/mol. The van der Waals surface area contributed by atoms with Gasteiger partial charge in [-0.05, 0) is 30.9 Å². The van der Waals surface area contributed by atoms with Crippen molar-refractivity contribution in [1.82, 2.24) is 9.88 Å². The third kappa shape index (κ3) is 1.27. The van der Waals surface area contributed by atoms with Crippen molar-refractivity contribution < 1.29 is 14.3 Å². The van der Waals surface area contributed by atoms with E-state index < -0.39 is 5.41 Å². The number of aromatic nitrogens is 1. The molecule has 0 unspecified atom stereocenters. The quantitative estimate of drug-likeness (QED) is 0.682. The first kappa shape index (κ1) is 14.1. The molecule has 2 aromatic rings. The van der Waals surface area contributed by atoms with Crippen molar-refractivity contribution in [3.8, 4) is 0 Å². The Morgan fingerprint density at radius 2 is 2.21 bits per heavy atom. The van der Waals surface area contributed by atoms with Crippen molar-refractivity contribution in [3.05, 3.63) is 35.5 Å². The molecule has 24 heavy (non-hydrogen) atoms. The zero-order valence-electron chi connectivity index (χ0n) is 13.9. The average Bonchev–Trinajstić information content (AvgIpc) is 3.09. The van der Waals surface area contributed by atoms with Gasteiger partial charge in [-0.15, -0.1) is 0 Å². The highest BCUT2D eigenvalue weighted by Crippen LogP contribution is 2.78. The number of benzene rings is 1. The molecule has 1 aliphatic carbocycles. The summed E-state index contributed by atoms with van der Waals surface area (Å²) in [6.45, 7) is 2.76. The van der Waals surface area contributed by atoms with Crippen molar-refractivity contribution in [3.63, 3.8) is 0 Å². The first-order chi connectivity index (χ1) is 11.6. The van der Waals surface area contributed by atoms with Gasteiger partial charge in [0.05, 0.1) is 13.2 Å². The lowest BCUT2D eigenvalue weighted by Crippen LogP contribution is -2.40. The molecule has 0 radical (unpaired) electrons. The van der Waals surface area contributed by atoms with Crippen LogP contribution in [-0.4, -0.2) is 35.4 Å². The molecule has 5 nitrogen and oxygen atoms in total. The number of rotatable bonds is 2. The second-order valence-electron chi connectivity index (χ2n) is 7.30. The fraction of sp³-hybridized carbons (Fsp3) is 0.474. The second-order valence-corrected chi connectivity index (χ2v) is 7.30. The maximum absolute atomic E-state index is 13.1. The van der Waals surface area contributed by atoms with Crippen LogP contribution in [0, 0.1) is 10.8 Å². The summed E-state index contributed by atoms with van der Waals surface area (Å²) in [4.78, 5) is 31.1. The number of nitrogens with zero attached hydrogens (tertiary/aromatic N) is 1. The Morgan fingerprint density at radius 3 is 2.96 bits per heavy atom. The molecule has 1 saturated heterocycles. The number of methoxy groups -OCH3 is 1. The summed E-state index contributed by atoms with van der Waals surface area (Å²) in [6.07, 6.45) is 2.24. The van der Waals surface area contributed by atoms with Gasteiger partial charge in [0.2, 0.25) is 5.91 Å². The number of fused-ring (bicyclic) bond motifs is 7. The SMILES string of the molecule is CC[C@@]12C[C@]1(C(=O)OC)C(=O)N1CCc3c([nH]c4ccccc34)[C@H]12. The highest BCUT2D eigenvalue weighted by molar-refractivity contribution is 6.10. The Hall–Kier alpha value is -2.30. The van der Waals surface area contributed by atoms with Crippen molar-refractivity contribution >= 4 is 22.8 Å². The van der Waals surface area contributed by atoms with Crippen molar-refractivity contribution in [1.29, 1.82) is 0 Å². The minimum atomic E-state index is -0.958. The summed E-state index contributed by atoms with van der Waals surface area (Å²) in [5.74, 6) is -0.396. The smallest absolute Gasteiger partial charge is 0.322 e. The van der Waals surface area contributed by atoms with E-state index in [2.05, 4.69) is 24.0 Å². The van der Waals surface area contributed by atoms with E-state index in [1.807, 2.05) is 17.0 Å². The lowest BCUT2D eigenvalue weighted by Gasteiger charge is -2.35. The number of esters is 1. The van der Waals surface area contributed by atoms with Crippen LogP contribution in [-0.2, 0) is 20.7 Å². The number of amides is 1. The number of aromatic amines is 1. The number of carbonyl (C=O) groups is 2. The lowest BCUT2D eigenvalue weighted by atomic mass is 9.83. The molecule has 1 aromatic heterocycles. The van der Waals surface area contributed by atoms with E-state index in [4.69, 9.17) is 4.74 Å². The number of ether oxygens (including phenoxy) is 1. The van der Waals surface area contributed by atoms with E-state index >= 15 is 0 Å². The Labute approximate surface area is 140 Å². The minimum Gasteiger partial charge on any atom is -0.468 e. The van der Waals surface area contributed by atoms with Gasteiger partial charge in [0.25, 0.3) is 0 Å². The van der Waals surface area contributed by atoms with Gasteiger partial charge in [0.15, 0.2) is 5.41 Å². The van der Waals surface area contributed by atoms with Gasteiger partial charge in [0.1, 0.15) is 0 Å². The van der Waals surface area contributed by atoms with Crippen LogP contribution in [0.2, 0.25) is 0 Å². The second kappa shape index (κ2) is 4.21. The minimum absolute atomic E-state index is 0.0366. The molecule has 1 amide bonds. The molecule has 5 rings (SSSR count). The number of H-pyrrole nitrogens is 1. The summed E-state index contributed by atoms with van der Waals surface area (Å²) in [7, 11) is 1.38. The predicted octanol–water partition coefficient (Wildman–Crippen LogP) is 2.57. The zero-order chi connectivity index (χ0) is 16.7. The van der Waals surface area contributed by atoms with E-state index in [-0.39, 0.29) is 23.3 Å². The van der Waals surface area contributed by atoms with Crippen LogP contribution >= 0.6 is 0 Å². The third-order valence-corrected chi connectivity index (χ3v) is 6.65. The maximum atomic E-state index is 13.1. The summed E-state index contributed by atoms with van der Waals surface area (Å²) >= 11 is 0. The number of piperidine rings is 1. The monoisotopic (exact) mass is 324 g/mol. The largest absolute Gasteiger partial charge is 0.468 e. The number of carbonyl (C=O) groups excluding carboxylic acids is 2. The molecule has 1 N–H and O–H groups in total. The first-order valence-electron chi connectivity index (χ1n) is 8.59. The molecule has 0 spiro atoms. The van der Waals surface area contributed by atoms with Gasteiger partial charge < -0.3 is 14.6 Å². The highest BCUT2D eigenvalue weighted by Gasteiger charge is 2.85. The molecule has 0 bridgehead atoms. The van der Waals surface area contributed by atoms with E-state index in [9.17, 15) is 9.59 Å². The molecule has 3 atom stereocenters. The van der Waals surface area contributed by atoms with E-state index in [1.165, 1.54) is 18.1 Å². The topological polar surface area (TPSA) is 62.4 Å². The average molecular weight is 324 g/mol. The van der Waals surface area contributed by atoms with E-state index in [0.29, 0.717) is 13.0 Å². The van der Waals surface area contributed by atoms with Crippen LogP contribution in [0.15, 0.2) is 24.3 Å². The van der Waals surface area contributed by atoms with Crippen LogP contribution in [0.25, 0.3) is 10.9 Å². The Balaban J connectivity index is 1.73. The van der Waals surface area contributed by atoms with Crippen molar-refractivity contribution in [2.45, 2.75) is 32.2 Å². The Kier molecular flexibility index (Phi) is 2.47. The van der Waals surface area contributed by atoms with Crippen LogP contribution in [0.1, 0.15) is 37.1 Å². The van der Waals surface area contributed by atoms with Crippen LogP contribution < -0.4 is 0 Å². The van der Waals surface area contributed by atoms with Crippen molar-refractivity contribution in [2.24, 2.45) is 10.8 Å². The standard InChI is InChI=1S/C19H20N2O3/c1-3-18-10-19(18,17(23)24-2)16(22)21-9-8-12-11-6-4-5-7-13(11)20-14(12)15(18)21/h4-7,15,20H,3,8-10H2,1-2H3/t15-,18-,19+/m0/s1. The highest BCUT2D eigenvalue weighted by atomic mass is 16.5. The zero-order valence-corrected chi connectivity index (χ0v) is 13.9. The Bertz CT molecular complexity index is 901. The number of para-hydroxylation sites is 1. The summed E-state index contributed by atoms with van der Waals surface area (Å²) in [5.41, 5.74) is 2.26. The number of nitrogens with one attached hydrogen (secondary N) is 1. The van der Waals surface area contributed by atoms with Gasteiger partial charge in [-0.2, -0.15) is 0 Å². The maximum Gasteiger partial charge on any atom is 0.322 e. The van der Waals surface area contributed by atoms with Crippen LogP contribution in [0.4, 0.5) is 0 Å². The summed E-state index contributed by atoms with van der Waals surface area (Å²) < 4.78 is 5.03. The fourth-order valence-electron chi connectivity index (χ4n) is 5.48. The number of hydrogen-bond donors (Lipinski definition) is 1. The first-order valence-corrected chi connectivity index (χ1v) is 8.59. The van der Waals surface area contributed by atoms with Gasteiger partial charge >= 0.3 is 5.97 Å². The predicted molar refractivity (Wildman–Crippen MR) is 88.2 cm³/mol. The molecule has 124 valence electrons. The molecule has 2 aliphatic heterocycles. The molecular formula is C19H20N2O3. The van der Waals surface area contributed by atoms with E-state index in [0.717, 1.165) is 24.1 Å². The lowest BCUT2D eigenvalue weighted by molar-refractivity contribution is -0.154. The van der Waals surface area contributed by atoms with E-state index in [1.54, 1.807) is 0 Å². The molecule has 3 heterocycles. The third-order valence-electron chi connectivity index (χ3n) is 6.65. The summed E-state index contributed by atoms with van der Waals surface area (Å²) in [5, 5.41) is 1.24. The molecule has 5 heteroatoms. The van der Waals surface area contributed by atoms with Gasteiger partial charge in [-0.25, -0.2) is 0 Å². The fourth-order valence-corrected chi connectivity index (χ4v) is 5.48.